The van der Waals surface area contributed by atoms with Gasteiger partial charge in [-0.1, -0.05) is 6.07 Å². The van der Waals surface area contributed by atoms with Crippen LogP contribution in [0.2, 0.25) is 0 Å². The summed E-state index contributed by atoms with van der Waals surface area (Å²) in [5, 5.41) is 4.72. The third kappa shape index (κ3) is 3.14. The standard InChI is InChI=1S/C27H26F3N5O/c1-13-8-9-14(2)34-24(15(3)31-26(13)34)27(36)35-17-6-5-7-21(35)23-18(12-17)25(33(4)32-23)16-10-19(28)22(30)20(29)11-16/h8-11,17,21H,5-7,12H2,1-4H3/t17-,21+/m0/s1. The van der Waals surface area contributed by atoms with Crippen molar-refractivity contribution >= 4 is 11.6 Å². The fraction of sp³-hybridized carbons (Fsp3) is 0.370. The molecule has 5 heterocycles. The first-order chi connectivity index (χ1) is 17.2. The van der Waals surface area contributed by atoms with Crippen LogP contribution in [0.15, 0.2) is 24.3 Å². The van der Waals surface area contributed by atoms with Crippen molar-refractivity contribution in [2.24, 2.45) is 7.05 Å². The first-order valence-electron chi connectivity index (χ1n) is 12.2. The van der Waals surface area contributed by atoms with Crippen molar-refractivity contribution in [3.8, 4) is 11.3 Å². The number of benzene rings is 1. The highest BCUT2D eigenvalue weighted by Crippen LogP contribution is 2.45. The molecule has 4 aromatic rings. The zero-order valence-electron chi connectivity index (χ0n) is 20.6. The van der Waals surface area contributed by atoms with Gasteiger partial charge in [-0.25, -0.2) is 18.2 Å². The largest absolute Gasteiger partial charge is 0.325 e. The van der Waals surface area contributed by atoms with Gasteiger partial charge in [0.15, 0.2) is 17.5 Å². The summed E-state index contributed by atoms with van der Waals surface area (Å²) in [6.07, 6.45) is 3.02. The number of rotatable bonds is 2. The molecule has 0 N–H and O–H groups in total. The Labute approximate surface area is 206 Å². The van der Waals surface area contributed by atoms with E-state index in [0.717, 1.165) is 59.6 Å². The molecule has 0 saturated carbocycles. The SMILES string of the molecule is Cc1nc2c(C)ccc(C)n2c1C(=O)N1[C@H]2CCC[C@@H]1c1nn(C)c(-c3cc(F)c(F)c(F)c3)c1C2. The number of carbonyl (C=O) groups excluding carboxylic acids is 1. The van der Waals surface area contributed by atoms with Gasteiger partial charge in [0.25, 0.3) is 5.91 Å². The van der Waals surface area contributed by atoms with Crippen LogP contribution in [-0.4, -0.2) is 36.0 Å². The number of hydrogen-bond acceptors (Lipinski definition) is 3. The van der Waals surface area contributed by atoms with Crippen molar-refractivity contribution in [3.63, 3.8) is 0 Å². The molecule has 0 spiro atoms. The molecule has 6 rings (SSSR count). The molecule has 1 amide bonds. The smallest absolute Gasteiger partial charge is 0.273 e. The van der Waals surface area contributed by atoms with Crippen LogP contribution in [0.1, 0.15) is 64.0 Å². The van der Waals surface area contributed by atoms with Crippen LogP contribution in [0.4, 0.5) is 13.2 Å². The second-order valence-electron chi connectivity index (χ2n) is 9.97. The molecule has 6 nitrogen and oxygen atoms in total. The van der Waals surface area contributed by atoms with E-state index >= 15 is 0 Å². The molecule has 1 fully saturated rings. The minimum absolute atomic E-state index is 0.0832. The molecule has 0 unspecified atom stereocenters. The molecule has 9 heteroatoms. The van der Waals surface area contributed by atoms with Crippen LogP contribution in [0.25, 0.3) is 16.9 Å². The molecule has 36 heavy (non-hydrogen) atoms. The fourth-order valence-electron chi connectivity index (χ4n) is 6.11. The van der Waals surface area contributed by atoms with Crippen molar-refractivity contribution in [1.82, 2.24) is 24.1 Å². The summed E-state index contributed by atoms with van der Waals surface area (Å²) in [6, 6.07) is 5.67. The lowest BCUT2D eigenvalue weighted by Gasteiger charge is -2.45. The highest BCUT2D eigenvalue weighted by Gasteiger charge is 2.44. The fourth-order valence-corrected chi connectivity index (χ4v) is 6.11. The molecule has 0 radical (unpaired) electrons. The Kier molecular flexibility index (Phi) is 5.04. The van der Waals surface area contributed by atoms with E-state index in [-0.39, 0.29) is 23.6 Å². The number of nitrogens with zero attached hydrogens (tertiary/aromatic N) is 5. The van der Waals surface area contributed by atoms with Crippen LogP contribution in [0.5, 0.6) is 0 Å². The van der Waals surface area contributed by atoms with Crippen LogP contribution in [0.3, 0.4) is 0 Å². The number of pyridine rings is 1. The van der Waals surface area contributed by atoms with E-state index in [0.29, 0.717) is 23.5 Å². The maximum atomic E-state index is 14.2. The summed E-state index contributed by atoms with van der Waals surface area (Å²) in [5.74, 6) is -4.04. The lowest BCUT2D eigenvalue weighted by atomic mass is 9.81. The van der Waals surface area contributed by atoms with Crippen molar-refractivity contribution < 1.29 is 18.0 Å². The minimum atomic E-state index is -1.49. The van der Waals surface area contributed by atoms with Crippen molar-refractivity contribution in [3.05, 3.63) is 75.6 Å². The third-order valence-electron chi connectivity index (χ3n) is 7.70. The minimum Gasteiger partial charge on any atom is -0.325 e. The number of aryl methyl sites for hydroxylation is 4. The van der Waals surface area contributed by atoms with E-state index in [1.165, 1.54) is 0 Å². The van der Waals surface area contributed by atoms with Gasteiger partial charge in [-0.3, -0.25) is 13.9 Å². The van der Waals surface area contributed by atoms with E-state index < -0.39 is 17.5 Å². The monoisotopic (exact) mass is 493 g/mol. The molecular weight excluding hydrogens is 467 g/mol. The number of imidazole rings is 1. The molecular formula is C27H26F3N5O. The first kappa shape index (κ1) is 22.8. The van der Waals surface area contributed by atoms with E-state index in [1.54, 1.807) is 11.7 Å². The Morgan fingerprint density at radius 2 is 1.78 bits per heavy atom. The predicted octanol–water partition coefficient (Wildman–Crippen LogP) is 5.37. The second kappa shape index (κ2) is 7.94. The van der Waals surface area contributed by atoms with Crippen molar-refractivity contribution in [2.45, 2.75) is 58.5 Å². The molecule has 2 bridgehead atoms. The topological polar surface area (TPSA) is 55.4 Å². The van der Waals surface area contributed by atoms with Gasteiger partial charge < -0.3 is 4.90 Å². The Bertz CT molecular complexity index is 1550. The highest BCUT2D eigenvalue weighted by atomic mass is 19.2. The zero-order chi connectivity index (χ0) is 25.5. The Morgan fingerprint density at radius 3 is 2.50 bits per heavy atom. The molecule has 2 aliphatic heterocycles. The Balaban J connectivity index is 1.48. The van der Waals surface area contributed by atoms with Crippen LogP contribution in [-0.2, 0) is 13.5 Å². The number of piperidine rings is 1. The second-order valence-corrected chi connectivity index (χ2v) is 9.97. The van der Waals surface area contributed by atoms with Gasteiger partial charge in [0.1, 0.15) is 11.3 Å². The van der Waals surface area contributed by atoms with E-state index in [9.17, 15) is 18.0 Å². The zero-order valence-corrected chi connectivity index (χ0v) is 20.6. The number of hydrogen-bond donors (Lipinski definition) is 0. The summed E-state index contributed by atoms with van der Waals surface area (Å²) in [6.45, 7) is 5.81. The maximum Gasteiger partial charge on any atom is 0.273 e. The first-order valence-corrected chi connectivity index (χ1v) is 12.2. The average molecular weight is 494 g/mol. The summed E-state index contributed by atoms with van der Waals surface area (Å²) < 4.78 is 45.3. The summed E-state index contributed by atoms with van der Waals surface area (Å²) in [4.78, 5) is 20.8. The molecule has 3 aromatic heterocycles. The average Bonchev–Trinajstić information content (AvgIpc) is 3.36. The summed E-state index contributed by atoms with van der Waals surface area (Å²) in [7, 11) is 1.71. The Morgan fingerprint density at radius 1 is 1.06 bits per heavy atom. The lowest BCUT2D eigenvalue weighted by Crippen LogP contribution is -2.50. The number of amides is 1. The summed E-state index contributed by atoms with van der Waals surface area (Å²) in [5.41, 5.74) is 6.35. The molecule has 1 aromatic carbocycles. The quantitative estimate of drug-likeness (QED) is 0.353. The normalized spacial score (nSPS) is 19.1. The van der Waals surface area contributed by atoms with Gasteiger partial charge in [-0.05, 0) is 70.2 Å². The summed E-state index contributed by atoms with van der Waals surface area (Å²) >= 11 is 0. The number of carbonyl (C=O) groups is 1. The van der Waals surface area contributed by atoms with Crippen LogP contribution in [0, 0.1) is 38.2 Å². The van der Waals surface area contributed by atoms with Crippen molar-refractivity contribution in [1.29, 1.82) is 0 Å². The predicted molar refractivity (Wildman–Crippen MR) is 128 cm³/mol. The van der Waals surface area contributed by atoms with Crippen molar-refractivity contribution in [2.75, 3.05) is 0 Å². The van der Waals surface area contributed by atoms with Gasteiger partial charge in [-0.2, -0.15) is 5.10 Å². The van der Waals surface area contributed by atoms with Gasteiger partial charge in [0.2, 0.25) is 0 Å². The van der Waals surface area contributed by atoms with Gasteiger partial charge in [0, 0.05) is 29.9 Å². The van der Waals surface area contributed by atoms with Gasteiger partial charge in [0.05, 0.1) is 23.1 Å². The number of fused-ring (bicyclic) bond motifs is 5. The van der Waals surface area contributed by atoms with Gasteiger partial charge >= 0.3 is 0 Å². The maximum absolute atomic E-state index is 14.2. The number of aromatic nitrogens is 4. The van der Waals surface area contributed by atoms with Crippen LogP contribution >= 0.6 is 0 Å². The molecule has 2 aliphatic rings. The molecule has 2 atom stereocenters. The van der Waals surface area contributed by atoms with Gasteiger partial charge in [-0.15, -0.1) is 0 Å². The molecule has 1 saturated heterocycles. The third-order valence-corrected chi connectivity index (χ3v) is 7.70. The molecule has 0 aliphatic carbocycles. The van der Waals surface area contributed by atoms with Crippen LogP contribution < -0.4 is 0 Å². The van der Waals surface area contributed by atoms with E-state index in [2.05, 4.69) is 0 Å². The molecule has 186 valence electrons. The van der Waals surface area contributed by atoms with E-state index in [4.69, 9.17) is 10.1 Å². The lowest BCUT2D eigenvalue weighted by molar-refractivity contribution is 0.0384. The number of halogens is 3. The highest BCUT2D eigenvalue weighted by molar-refractivity contribution is 5.96. The Hall–Kier alpha value is -3.62. The van der Waals surface area contributed by atoms with E-state index in [1.807, 2.05) is 42.2 Å².